The Bertz CT molecular complexity index is 623. The molecule has 2 aromatic rings. The van der Waals surface area contributed by atoms with Gasteiger partial charge in [-0.3, -0.25) is 0 Å². The summed E-state index contributed by atoms with van der Waals surface area (Å²) in [7, 11) is 1.66. The number of ether oxygens (including phenoxy) is 1. The lowest BCUT2D eigenvalue weighted by Gasteiger charge is -2.17. The van der Waals surface area contributed by atoms with Crippen LogP contribution in [0.25, 0.3) is 0 Å². The Kier molecular flexibility index (Phi) is 4.39. The van der Waals surface area contributed by atoms with E-state index in [9.17, 15) is 0 Å². The van der Waals surface area contributed by atoms with Crippen LogP contribution >= 0.6 is 0 Å². The topological polar surface area (TPSA) is 47.0 Å². The quantitative estimate of drug-likeness (QED) is 0.851. The van der Waals surface area contributed by atoms with Crippen molar-refractivity contribution in [3.63, 3.8) is 0 Å². The summed E-state index contributed by atoms with van der Waals surface area (Å²) in [6, 6.07) is 12.7. The summed E-state index contributed by atoms with van der Waals surface area (Å²) in [5, 5.41) is 3.50. The summed E-state index contributed by atoms with van der Waals surface area (Å²) in [5.74, 6) is 1.64. The van der Waals surface area contributed by atoms with E-state index in [1.54, 1.807) is 7.11 Å². The molecule has 1 aromatic heterocycles. The molecule has 116 valence electrons. The van der Waals surface area contributed by atoms with Crippen molar-refractivity contribution in [1.29, 1.82) is 0 Å². The molecule has 0 spiro atoms. The van der Waals surface area contributed by atoms with Crippen molar-refractivity contribution in [2.45, 2.75) is 32.8 Å². The molecule has 1 saturated carbocycles. The van der Waals surface area contributed by atoms with E-state index in [2.05, 4.69) is 45.6 Å². The maximum atomic E-state index is 5.12. The van der Waals surface area contributed by atoms with Gasteiger partial charge in [-0.15, -0.1) is 0 Å². The molecule has 4 heteroatoms. The highest BCUT2D eigenvalue weighted by Gasteiger charge is 2.42. The number of aryl methyl sites for hydroxylation is 1. The molecule has 1 aliphatic rings. The second kappa shape index (κ2) is 6.44. The molecule has 1 N–H and O–H groups in total. The van der Waals surface area contributed by atoms with Gasteiger partial charge in [-0.2, -0.15) is 0 Å². The zero-order chi connectivity index (χ0) is 15.4. The summed E-state index contributed by atoms with van der Waals surface area (Å²) < 4.78 is 5.12. The van der Waals surface area contributed by atoms with Gasteiger partial charge in [0, 0.05) is 25.4 Å². The number of nitrogens with zero attached hydrogens (tertiary/aromatic N) is 2. The van der Waals surface area contributed by atoms with E-state index in [1.807, 2.05) is 13.0 Å². The third kappa shape index (κ3) is 3.83. The molecule has 0 radical (unpaired) electrons. The molecule has 1 aliphatic carbocycles. The predicted octanol–water partition coefficient (Wildman–Crippen LogP) is 3.37. The van der Waals surface area contributed by atoms with Gasteiger partial charge in [0.05, 0.1) is 0 Å². The number of anilines is 1. The Morgan fingerprint density at radius 1 is 1.18 bits per heavy atom. The smallest absolute Gasteiger partial charge is 0.156 e. The first kappa shape index (κ1) is 15.0. The van der Waals surface area contributed by atoms with Crippen LogP contribution in [0.5, 0.6) is 0 Å². The monoisotopic (exact) mass is 297 g/mol. The van der Waals surface area contributed by atoms with Crippen molar-refractivity contribution in [2.24, 2.45) is 5.41 Å². The molecule has 1 heterocycles. The fourth-order valence-electron chi connectivity index (χ4n) is 2.81. The largest absolute Gasteiger partial charge is 0.377 e. The highest BCUT2D eigenvalue weighted by atomic mass is 16.5. The van der Waals surface area contributed by atoms with Crippen LogP contribution in [-0.2, 0) is 17.8 Å². The Hall–Kier alpha value is -1.94. The van der Waals surface area contributed by atoms with Gasteiger partial charge >= 0.3 is 0 Å². The van der Waals surface area contributed by atoms with Crippen molar-refractivity contribution in [3.05, 3.63) is 53.5 Å². The van der Waals surface area contributed by atoms with Gasteiger partial charge < -0.3 is 10.1 Å². The third-order valence-corrected chi connectivity index (χ3v) is 4.20. The molecule has 0 amide bonds. The van der Waals surface area contributed by atoms with Crippen LogP contribution in [-0.4, -0.2) is 23.6 Å². The molecule has 0 atom stereocenters. The lowest BCUT2D eigenvalue weighted by Crippen LogP contribution is -2.19. The fourth-order valence-corrected chi connectivity index (χ4v) is 2.81. The second-order valence-electron chi connectivity index (χ2n) is 6.26. The van der Waals surface area contributed by atoms with Gasteiger partial charge in [-0.05, 0) is 37.2 Å². The van der Waals surface area contributed by atoms with E-state index < -0.39 is 0 Å². The fraction of sp³-hybridized carbons (Fsp3) is 0.444. The standard InChI is InChI=1S/C18H23N3O/c1-14-10-16(21-17(20-14)12-22-2)19-13-18(8-9-18)11-15-6-4-3-5-7-15/h3-7,10H,8-9,11-13H2,1-2H3,(H,19,20,21). The Morgan fingerprint density at radius 2 is 1.95 bits per heavy atom. The zero-order valence-corrected chi connectivity index (χ0v) is 13.3. The summed E-state index contributed by atoms with van der Waals surface area (Å²) in [6.07, 6.45) is 3.70. The van der Waals surface area contributed by atoms with Gasteiger partial charge in [-0.25, -0.2) is 9.97 Å². The van der Waals surface area contributed by atoms with Gasteiger partial charge in [0.25, 0.3) is 0 Å². The van der Waals surface area contributed by atoms with Gasteiger partial charge in [0.1, 0.15) is 12.4 Å². The lowest BCUT2D eigenvalue weighted by atomic mass is 9.96. The molecule has 3 rings (SSSR count). The van der Waals surface area contributed by atoms with Gasteiger partial charge in [0.15, 0.2) is 5.82 Å². The minimum absolute atomic E-state index is 0.391. The maximum Gasteiger partial charge on any atom is 0.156 e. The van der Waals surface area contributed by atoms with Crippen LogP contribution in [0.1, 0.15) is 29.9 Å². The minimum Gasteiger partial charge on any atom is -0.377 e. The third-order valence-electron chi connectivity index (χ3n) is 4.20. The van der Waals surface area contributed by atoms with Crippen molar-refractivity contribution in [2.75, 3.05) is 19.0 Å². The van der Waals surface area contributed by atoms with E-state index in [0.717, 1.165) is 30.3 Å². The molecule has 1 aromatic carbocycles. The first-order valence-corrected chi connectivity index (χ1v) is 7.80. The average Bonchev–Trinajstić information content (AvgIpc) is 3.26. The van der Waals surface area contributed by atoms with Crippen molar-refractivity contribution in [1.82, 2.24) is 9.97 Å². The second-order valence-corrected chi connectivity index (χ2v) is 6.26. The normalized spacial score (nSPS) is 15.5. The van der Waals surface area contributed by atoms with Crippen LogP contribution in [0.3, 0.4) is 0 Å². The molecular formula is C18H23N3O. The first-order chi connectivity index (χ1) is 10.7. The molecule has 0 saturated heterocycles. The Morgan fingerprint density at radius 3 is 2.64 bits per heavy atom. The molecule has 0 aliphatic heterocycles. The average molecular weight is 297 g/mol. The number of aromatic nitrogens is 2. The van der Waals surface area contributed by atoms with Crippen LogP contribution < -0.4 is 5.32 Å². The van der Waals surface area contributed by atoms with E-state index in [4.69, 9.17) is 4.74 Å². The predicted molar refractivity (Wildman–Crippen MR) is 87.8 cm³/mol. The van der Waals surface area contributed by atoms with Crippen molar-refractivity contribution < 1.29 is 4.74 Å². The molecule has 1 fully saturated rings. The van der Waals surface area contributed by atoms with Crippen LogP contribution in [0, 0.1) is 12.3 Å². The van der Waals surface area contributed by atoms with E-state index in [-0.39, 0.29) is 0 Å². The molecule has 0 bridgehead atoms. The summed E-state index contributed by atoms with van der Waals surface area (Å²) >= 11 is 0. The van der Waals surface area contributed by atoms with E-state index >= 15 is 0 Å². The maximum absolute atomic E-state index is 5.12. The number of nitrogens with one attached hydrogen (secondary N) is 1. The Balaban J connectivity index is 1.62. The molecule has 22 heavy (non-hydrogen) atoms. The lowest BCUT2D eigenvalue weighted by molar-refractivity contribution is 0.177. The number of hydrogen-bond donors (Lipinski definition) is 1. The van der Waals surface area contributed by atoms with E-state index in [1.165, 1.54) is 18.4 Å². The minimum atomic E-state index is 0.391. The van der Waals surface area contributed by atoms with Crippen LogP contribution in [0.15, 0.2) is 36.4 Å². The van der Waals surface area contributed by atoms with Crippen molar-refractivity contribution >= 4 is 5.82 Å². The van der Waals surface area contributed by atoms with Crippen LogP contribution in [0.4, 0.5) is 5.82 Å². The van der Waals surface area contributed by atoms with Gasteiger partial charge in [0.2, 0.25) is 0 Å². The number of hydrogen-bond acceptors (Lipinski definition) is 4. The zero-order valence-electron chi connectivity index (χ0n) is 13.3. The van der Waals surface area contributed by atoms with Crippen LogP contribution in [0.2, 0.25) is 0 Å². The molecule has 0 unspecified atom stereocenters. The highest BCUT2D eigenvalue weighted by Crippen LogP contribution is 2.48. The molecule has 4 nitrogen and oxygen atoms in total. The first-order valence-electron chi connectivity index (χ1n) is 7.80. The number of benzene rings is 1. The van der Waals surface area contributed by atoms with Crippen molar-refractivity contribution in [3.8, 4) is 0 Å². The van der Waals surface area contributed by atoms with Gasteiger partial charge in [-0.1, -0.05) is 30.3 Å². The number of methoxy groups -OCH3 is 1. The van der Waals surface area contributed by atoms with E-state index in [0.29, 0.717) is 12.0 Å². The summed E-state index contributed by atoms with van der Waals surface area (Å²) in [6.45, 7) is 3.40. The number of rotatable bonds is 7. The SMILES string of the molecule is COCc1nc(C)cc(NCC2(Cc3ccccc3)CC2)n1. The molecular weight excluding hydrogens is 274 g/mol. The Labute approximate surface area is 132 Å². The summed E-state index contributed by atoms with van der Waals surface area (Å²) in [5.41, 5.74) is 2.78. The summed E-state index contributed by atoms with van der Waals surface area (Å²) in [4.78, 5) is 8.89. The highest BCUT2D eigenvalue weighted by molar-refractivity contribution is 5.37.